The molecule has 0 spiro atoms. The largest absolute Gasteiger partial charge is 0.481 e. The zero-order valence-electron chi connectivity index (χ0n) is 14.5. The van der Waals surface area contributed by atoms with Crippen LogP contribution >= 0.6 is 11.6 Å². The van der Waals surface area contributed by atoms with Gasteiger partial charge in [-0.3, -0.25) is 9.78 Å². The smallest absolute Gasteiger partial charge is 0.397 e. The summed E-state index contributed by atoms with van der Waals surface area (Å²) in [5.74, 6) is -2.13. The molecule has 2 aromatic carbocycles. The van der Waals surface area contributed by atoms with Crippen molar-refractivity contribution in [1.29, 1.82) is 0 Å². The Hall–Kier alpha value is -2.80. The summed E-state index contributed by atoms with van der Waals surface area (Å²) in [7, 11) is 0. The third-order valence-electron chi connectivity index (χ3n) is 4.14. The maximum atomic E-state index is 13.3. The lowest BCUT2D eigenvalue weighted by Crippen LogP contribution is -2.37. The summed E-state index contributed by atoms with van der Waals surface area (Å²) in [6.45, 7) is -1.01. The lowest BCUT2D eigenvalue weighted by atomic mass is 9.98. The fourth-order valence-corrected chi connectivity index (χ4v) is 2.96. The number of alkyl halides is 3. The molecule has 146 valence electrons. The summed E-state index contributed by atoms with van der Waals surface area (Å²) in [6.07, 6.45) is -2.93. The zero-order chi connectivity index (χ0) is 20.1. The SMILES string of the molecule is O=C(COc1ccc(Cl)c2cccnc12)NC[C@H](c1ccccc1)C(F)(F)F. The second-order valence-corrected chi connectivity index (χ2v) is 6.45. The van der Waals surface area contributed by atoms with E-state index in [4.69, 9.17) is 16.3 Å². The van der Waals surface area contributed by atoms with E-state index in [0.717, 1.165) is 0 Å². The number of carbonyl (C=O) groups excluding carboxylic acids is 1. The van der Waals surface area contributed by atoms with Gasteiger partial charge >= 0.3 is 6.18 Å². The molecule has 0 aliphatic carbocycles. The Morgan fingerprint density at radius 1 is 1.11 bits per heavy atom. The molecule has 3 rings (SSSR count). The Bertz CT molecular complexity index is 965. The first-order chi connectivity index (χ1) is 13.4. The number of halogens is 4. The number of nitrogens with one attached hydrogen (secondary N) is 1. The van der Waals surface area contributed by atoms with Crippen LogP contribution in [0.4, 0.5) is 13.2 Å². The number of fused-ring (bicyclic) bond motifs is 1. The highest BCUT2D eigenvalue weighted by Crippen LogP contribution is 2.34. The van der Waals surface area contributed by atoms with E-state index in [1.807, 2.05) is 0 Å². The summed E-state index contributed by atoms with van der Waals surface area (Å²) in [4.78, 5) is 16.2. The molecule has 1 heterocycles. The number of aromatic nitrogens is 1. The molecule has 0 unspecified atom stereocenters. The van der Waals surface area contributed by atoms with E-state index in [1.165, 1.54) is 24.3 Å². The summed E-state index contributed by atoms with van der Waals surface area (Å²) in [5.41, 5.74) is 0.560. The first-order valence-electron chi connectivity index (χ1n) is 8.40. The Labute approximate surface area is 164 Å². The van der Waals surface area contributed by atoms with E-state index in [-0.39, 0.29) is 5.56 Å². The predicted molar refractivity (Wildman–Crippen MR) is 100 cm³/mol. The number of hydrogen-bond donors (Lipinski definition) is 1. The average molecular weight is 409 g/mol. The minimum atomic E-state index is -4.48. The highest BCUT2D eigenvalue weighted by molar-refractivity contribution is 6.35. The van der Waals surface area contributed by atoms with Crippen LogP contribution < -0.4 is 10.1 Å². The second kappa shape index (κ2) is 8.48. The summed E-state index contributed by atoms with van der Waals surface area (Å²) >= 11 is 6.10. The van der Waals surface area contributed by atoms with Gasteiger partial charge in [-0.15, -0.1) is 0 Å². The lowest BCUT2D eigenvalue weighted by molar-refractivity contribution is -0.150. The first kappa shape index (κ1) is 19.9. The summed E-state index contributed by atoms with van der Waals surface area (Å²) in [5, 5.41) is 3.43. The highest BCUT2D eigenvalue weighted by atomic mass is 35.5. The molecule has 1 atom stereocenters. The van der Waals surface area contributed by atoms with Crippen molar-refractivity contribution in [3.63, 3.8) is 0 Å². The minimum absolute atomic E-state index is 0.0871. The van der Waals surface area contributed by atoms with Crippen LogP contribution in [-0.4, -0.2) is 30.2 Å². The highest BCUT2D eigenvalue weighted by Gasteiger charge is 2.40. The van der Waals surface area contributed by atoms with Crippen LogP contribution in [0, 0.1) is 0 Å². The molecule has 28 heavy (non-hydrogen) atoms. The van der Waals surface area contributed by atoms with Gasteiger partial charge in [-0.1, -0.05) is 41.9 Å². The molecule has 0 fully saturated rings. The standard InChI is InChI=1S/C20H16ClF3N2O2/c21-16-8-9-17(19-14(16)7-4-10-25-19)28-12-18(27)26-11-15(20(22,23)24)13-5-2-1-3-6-13/h1-10,15H,11-12H2,(H,26,27)/t15-/m1/s1. The third-order valence-corrected chi connectivity index (χ3v) is 4.47. The van der Waals surface area contributed by atoms with E-state index >= 15 is 0 Å². The van der Waals surface area contributed by atoms with Gasteiger partial charge in [0.15, 0.2) is 6.61 Å². The summed E-state index contributed by atoms with van der Waals surface area (Å²) < 4.78 is 45.4. The van der Waals surface area contributed by atoms with E-state index in [2.05, 4.69) is 10.3 Å². The number of ether oxygens (including phenoxy) is 1. The van der Waals surface area contributed by atoms with Crippen LogP contribution in [0.15, 0.2) is 60.8 Å². The van der Waals surface area contributed by atoms with Gasteiger partial charge in [0.1, 0.15) is 11.3 Å². The predicted octanol–water partition coefficient (Wildman–Crippen LogP) is 4.73. The average Bonchev–Trinajstić information content (AvgIpc) is 2.68. The van der Waals surface area contributed by atoms with Crippen molar-refractivity contribution >= 4 is 28.4 Å². The van der Waals surface area contributed by atoms with Crippen molar-refractivity contribution in [2.75, 3.05) is 13.2 Å². The molecular weight excluding hydrogens is 393 g/mol. The van der Waals surface area contributed by atoms with Gasteiger partial charge in [0, 0.05) is 18.1 Å². The van der Waals surface area contributed by atoms with Crippen molar-refractivity contribution in [3.8, 4) is 5.75 Å². The Balaban J connectivity index is 1.64. The second-order valence-electron chi connectivity index (χ2n) is 6.04. The Kier molecular flexibility index (Phi) is 6.04. The minimum Gasteiger partial charge on any atom is -0.481 e. The van der Waals surface area contributed by atoms with Crippen LogP contribution in [0.1, 0.15) is 11.5 Å². The van der Waals surface area contributed by atoms with Crippen LogP contribution in [0.3, 0.4) is 0 Å². The number of rotatable bonds is 6. The van der Waals surface area contributed by atoms with Crippen molar-refractivity contribution in [3.05, 3.63) is 71.4 Å². The fraction of sp³-hybridized carbons (Fsp3) is 0.200. The van der Waals surface area contributed by atoms with Crippen molar-refractivity contribution in [2.24, 2.45) is 0 Å². The van der Waals surface area contributed by atoms with Gasteiger partial charge < -0.3 is 10.1 Å². The van der Waals surface area contributed by atoms with E-state index in [9.17, 15) is 18.0 Å². The quantitative estimate of drug-likeness (QED) is 0.641. The normalized spacial score (nSPS) is 12.6. The van der Waals surface area contributed by atoms with E-state index in [1.54, 1.807) is 36.5 Å². The molecule has 0 aliphatic rings. The number of hydrogen-bond acceptors (Lipinski definition) is 3. The number of benzene rings is 2. The molecule has 8 heteroatoms. The van der Waals surface area contributed by atoms with Gasteiger partial charge in [0.25, 0.3) is 5.91 Å². The molecule has 0 aliphatic heterocycles. The molecule has 1 aromatic heterocycles. The molecule has 4 nitrogen and oxygen atoms in total. The monoisotopic (exact) mass is 408 g/mol. The van der Waals surface area contributed by atoms with Gasteiger partial charge in [-0.25, -0.2) is 0 Å². The zero-order valence-corrected chi connectivity index (χ0v) is 15.3. The van der Waals surface area contributed by atoms with Gasteiger partial charge in [0.05, 0.1) is 10.9 Å². The van der Waals surface area contributed by atoms with Crippen LogP contribution in [0.25, 0.3) is 10.9 Å². The van der Waals surface area contributed by atoms with Crippen molar-refractivity contribution < 1.29 is 22.7 Å². The van der Waals surface area contributed by atoms with Crippen LogP contribution in [0.2, 0.25) is 5.02 Å². The number of nitrogens with zero attached hydrogens (tertiary/aromatic N) is 1. The van der Waals surface area contributed by atoms with E-state index < -0.39 is 31.2 Å². The third kappa shape index (κ3) is 4.72. The maximum Gasteiger partial charge on any atom is 0.397 e. The molecule has 3 aromatic rings. The molecule has 1 N–H and O–H groups in total. The van der Waals surface area contributed by atoms with Gasteiger partial charge in [-0.05, 0) is 29.8 Å². The van der Waals surface area contributed by atoms with Crippen molar-refractivity contribution in [2.45, 2.75) is 12.1 Å². The fourth-order valence-electron chi connectivity index (χ4n) is 2.75. The molecule has 0 bridgehead atoms. The number of carbonyl (C=O) groups is 1. The number of pyridine rings is 1. The van der Waals surface area contributed by atoms with E-state index in [0.29, 0.717) is 21.7 Å². The molecule has 0 saturated carbocycles. The summed E-state index contributed by atoms with van der Waals surface area (Å²) in [6, 6.07) is 14.1. The Morgan fingerprint density at radius 2 is 1.86 bits per heavy atom. The molecule has 0 radical (unpaired) electrons. The number of amides is 1. The van der Waals surface area contributed by atoms with Crippen molar-refractivity contribution in [1.82, 2.24) is 10.3 Å². The molecule has 1 amide bonds. The van der Waals surface area contributed by atoms with Gasteiger partial charge in [0.2, 0.25) is 0 Å². The first-order valence-corrected chi connectivity index (χ1v) is 8.78. The van der Waals surface area contributed by atoms with Crippen LogP contribution in [-0.2, 0) is 4.79 Å². The maximum absolute atomic E-state index is 13.3. The lowest BCUT2D eigenvalue weighted by Gasteiger charge is -2.21. The van der Waals surface area contributed by atoms with Gasteiger partial charge in [-0.2, -0.15) is 13.2 Å². The molecule has 0 saturated heterocycles. The van der Waals surface area contributed by atoms with Crippen LogP contribution in [0.5, 0.6) is 5.75 Å². The Morgan fingerprint density at radius 3 is 2.57 bits per heavy atom. The topological polar surface area (TPSA) is 51.2 Å². The molecular formula is C20H16ClF3N2O2.